The molecular weight excluding hydrogens is 296 g/mol. The number of methoxy groups -OCH3 is 1. The number of rotatable bonds is 1. The molecule has 2 nitrogen and oxygen atoms in total. The van der Waals surface area contributed by atoms with Crippen LogP contribution in [0.4, 0.5) is 0 Å². The highest BCUT2D eigenvalue weighted by atomic mass is 16.5. The number of allylic oxidation sites excluding steroid dienone is 1. The van der Waals surface area contributed by atoms with Gasteiger partial charge >= 0.3 is 0 Å². The number of hydrogen-bond donors (Lipinski definition) is 0. The number of ether oxygens (including phenoxy) is 2. The SMILES string of the molecule is COc1ccc2c(c1)COC1Cc3ccccc3C(C(C)(C)C)=C21. The Morgan fingerprint density at radius 3 is 2.54 bits per heavy atom. The van der Waals surface area contributed by atoms with E-state index in [1.54, 1.807) is 7.11 Å². The predicted molar refractivity (Wildman–Crippen MR) is 98.0 cm³/mol. The van der Waals surface area contributed by atoms with Crippen LogP contribution in [0.5, 0.6) is 5.75 Å². The van der Waals surface area contributed by atoms with E-state index in [1.807, 2.05) is 0 Å². The van der Waals surface area contributed by atoms with Crippen LogP contribution in [0.1, 0.15) is 43.0 Å². The fraction of sp³-hybridized carbons (Fsp3) is 0.364. The second-order valence-electron chi connectivity index (χ2n) is 7.72. The summed E-state index contributed by atoms with van der Waals surface area (Å²) < 4.78 is 11.7. The summed E-state index contributed by atoms with van der Waals surface area (Å²) in [6.07, 6.45) is 1.10. The summed E-state index contributed by atoms with van der Waals surface area (Å²) in [6.45, 7) is 7.55. The molecule has 124 valence electrons. The van der Waals surface area contributed by atoms with E-state index in [0.717, 1.165) is 12.2 Å². The van der Waals surface area contributed by atoms with Crippen LogP contribution in [0.25, 0.3) is 11.1 Å². The van der Waals surface area contributed by atoms with Crippen molar-refractivity contribution in [1.82, 2.24) is 0 Å². The van der Waals surface area contributed by atoms with Gasteiger partial charge in [0.1, 0.15) is 5.75 Å². The molecule has 1 atom stereocenters. The summed E-state index contributed by atoms with van der Waals surface area (Å²) in [5.74, 6) is 0.893. The molecule has 0 saturated heterocycles. The quantitative estimate of drug-likeness (QED) is 0.727. The van der Waals surface area contributed by atoms with Crippen molar-refractivity contribution in [3.8, 4) is 5.75 Å². The average molecular weight is 320 g/mol. The zero-order valence-electron chi connectivity index (χ0n) is 14.8. The molecule has 0 saturated carbocycles. The minimum atomic E-state index is 0.0575. The van der Waals surface area contributed by atoms with Crippen molar-refractivity contribution in [2.75, 3.05) is 7.11 Å². The third-order valence-corrected chi connectivity index (χ3v) is 5.08. The Morgan fingerprint density at radius 2 is 1.79 bits per heavy atom. The third kappa shape index (κ3) is 2.37. The van der Waals surface area contributed by atoms with Crippen LogP contribution in [0.2, 0.25) is 0 Å². The fourth-order valence-electron chi connectivity index (χ4n) is 4.08. The van der Waals surface area contributed by atoms with E-state index in [1.165, 1.54) is 33.4 Å². The topological polar surface area (TPSA) is 18.5 Å². The average Bonchev–Trinajstić information content (AvgIpc) is 2.58. The van der Waals surface area contributed by atoms with Crippen molar-refractivity contribution in [3.05, 3.63) is 64.7 Å². The van der Waals surface area contributed by atoms with Gasteiger partial charge in [-0.05, 0) is 50.9 Å². The monoisotopic (exact) mass is 320 g/mol. The first-order valence-corrected chi connectivity index (χ1v) is 8.61. The minimum absolute atomic E-state index is 0.0575. The molecule has 24 heavy (non-hydrogen) atoms. The van der Waals surface area contributed by atoms with Crippen LogP contribution in [0.15, 0.2) is 42.5 Å². The molecule has 0 N–H and O–H groups in total. The van der Waals surface area contributed by atoms with Gasteiger partial charge in [0, 0.05) is 6.42 Å². The van der Waals surface area contributed by atoms with Crippen molar-refractivity contribution < 1.29 is 9.47 Å². The van der Waals surface area contributed by atoms with Crippen LogP contribution in [0, 0.1) is 5.41 Å². The molecule has 0 spiro atoms. The molecule has 2 aromatic carbocycles. The fourth-order valence-corrected chi connectivity index (χ4v) is 4.08. The molecule has 0 fully saturated rings. The molecule has 4 rings (SSSR count). The van der Waals surface area contributed by atoms with Gasteiger partial charge < -0.3 is 9.47 Å². The molecule has 1 unspecified atom stereocenters. The molecule has 0 amide bonds. The summed E-state index contributed by atoms with van der Waals surface area (Å²) in [6, 6.07) is 15.2. The maximum atomic E-state index is 6.28. The lowest BCUT2D eigenvalue weighted by Gasteiger charge is -2.39. The first kappa shape index (κ1) is 15.5. The van der Waals surface area contributed by atoms with E-state index < -0.39 is 0 Å². The Balaban J connectivity index is 2.01. The van der Waals surface area contributed by atoms with E-state index in [9.17, 15) is 0 Å². The second-order valence-corrected chi connectivity index (χ2v) is 7.72. The molecule has 1 aliphatic heterocycles. The van der Waals surface area contributed by atoms with Crippen molar-refractivity contribution in [2.45, 2.75) is 39.9 Å². The summed E-state index contributed by atoms with van der Waals surface area (Å²) in [4.78, 5) is 0. The Kier molecular flexibility index (Phi) is 3.54. The summed E-state index contributed by atoms with van der Waals surface area (Å²) in [5, 5.41) is 0. The van der Waals surface area contributed by atoms with Crippen molar-refractivity contribution in [1.29, 1.82) is 0 Å². The van der Waals surface area contributed by atoms with Gasteiger partial charge in [-0.25, -0.2) is 0 Å². The number of fused-ring (bicyclic) bond motifs is 4. The minimum Gasteiger partial charge on any atom is -0.497 e. The van der Waals surface area contributed by atoms with E-state index in [4.69, 9.17) is 9.47 Å². The highest BCUT2D eigenvalue weighted by Gasteiger charge is 2.37. The van der Waals surface area contributed by atoms with Crippen LogP contribution in [-0.2, 0) is 17.8 Å². The van der Waals surface area contributed by atoms with E-state index >= 15 is 0 Å². The van der Waals surface area contributed by atoms with Crippen molar-refractivity contribution in [2.24, 2.45) is 5.41 Å². The summed E-state index contributed by atoms with van der Waals surface area (Å²) >= 11 is 0. The molecule has 0 bridgehead atoms. The number of benzene rings is 2. The van der Waals surface area contributed by atoms with E-state index in [2.05, 4.69) is 63.2 Å². The van der Waals surface area contributed by atoms with Gasteiger partial charge in [0.2, 0.25) is 0 Å². The first-order valence-electron chi connectivity index (χ1n) is 8.61. The van der Waals surface area contributed by atoms with Crippen LogP contribution < -0.4 is 4.74 Å². The van der Waals surface area contributed by atoms with Crippen molar-refractivity contribution >= 4 is 11.1 Å². The first-order chi connectivity index (χ1) is 11.5. The summed E-state index contributed by atoms with van der Waals surface area (Å²) in [7, 11) is 1.71. The summed E-state index contributed by atoms with van der Waals surface area (Å²) in [5.41, 5.74) is 8.16. The molecule has 1 heterocycles. The molecule has 1 aliphatic carbocycles. The highest BCUT2D eigenvalue weighted by molar-refractivity contribution is 5.98. The molecular formula is C22H24O2. The van der Waals surface area contributed by atoms with Gasteiger partial charge in [-0.15, -0.1) is 0 Å². The van der Waals surface area contributed by atoms with Gasteiger partial charge in [0.15, 0.2) is 0 Å². The lowest BCUT2D eigenvalue weighted by Crippen LogP contribution is -2.31. The van der Waals surface area contributed by atoms with Crippen LogP contribution in [-0.4, -0.2) is 13.2 Å². The number of hydrogen-bond acceptors (Lipinski definition) is 2. The van der Waals surface area contributed by atoms with Gasteiger partial charge in [0.25, 0.3) is 0 Å². The Morgan fingerprint density at radius 1 is 1.00 bits per heavy atom. The van der Waals surface area contributed by atoms with Gasteiger partial charge in [-0.2, -0.15) is 0 Å². The lowest BCUT2D eigenvalue weighted by molar-refractivity contribution is 0.0704. The van der Waals surface area contributed by atoms with Crippen molar-refractivity contribution in [3.63, 3.8) is 0 Å². The second kappa shape index (κ2) is 5.49. The molecule has 2 aromatic rings. The smallest absolute Gasteiger partial charge is 0.119 e. The largest absolute Gasteiger partial charge is 0.497 e. The molecule has 0 aromatic heterocycles. The van der Waals surface area contributed by atoms with Crippen LogP contribution in [0.3, 0.4) is 0 Å². The maximum absolute atomic E-state index is 6.28. The Labute approximate surface area is 144 Å². The molecule has 2 aliphatic rings. The van der Waals surface area contributed by atoms with Gasteiger partial charge in [0.05, 0.1) is 19.8 Å². The van der Waals surface area contributed by atoms with Crippen LogP contribution >= 0.6 is 0 Å². The lowest BCUT2D eigenvalue weighted by atomic mass is 9.70. The molecule has 2 heteroatoms. The normalized spacial score (nSPS) is 19.4. The van der Waals surface area contributed by atoms with Gasteiger partial charge in [-0.1, -0.05) is 51.1 Å². The Bertz CT molecular complexity index is 824. The maximum Gasteiger partial charge on any atom is 0.119 e. The third-order valence-electron chi connectivity index (χ3n) is 5.08. The zero-order valence-corrected chi connectivity index (χ0v) is 14.8. The highest BCUT2D eigenvalue weighted by Crippen LogP contribution is 2.49. The van der Waals surface area contributed by atoms with E-state index in [-0.39, 0.29) is 11.5 Å². The van der Waals surface area contributed by atoms with E-state index in [0.29, 0.717) is 6.61 Å². The zero-order chi connectivity index (χ0) is 16.9. The predicted octanol–water partition coefficient (Wildman–Crippen LogP) is 5.11. The standard InChI is InChI=1S/C22H24O2/c1-22(2,3)21-18-8-6-5-7-14(18)12-19-20(21)17-10-9-16(23-4)11-15(17)13-24-19/h5-11,19H,12-13H2,1-4H3. The van der Waals surface area contributed by atoms with Gasteiger partial charge in [-0.3, -0.25) is 0 Å². The Hall–Kier alpha value is -2.06. The molecule has 0 radical (unpaired) electrons.